The molecule has 1 aromatic heterocycles. The van der Waals surface area contributed by atoms with Crippen LogP contribution in [0.25, 0.3) is 11.4 Å². The number of nitrogens with zero attached hydrogens (tertiary/aromatic N) is 3. The van der Waals surface area contributed by atoms with Gasteiger partial charge in [-0.05, 0) is 54.3 Å². The lowest BCUT2D eigenvalue weighted by atomic mass is 10.0. The molecule has 0 aliphatic rings. The van der Waals surface area contributed by atoms with Crippen molar-refractivity contribution in [3.05, 3.63) is 65.8 Å². The summed E-state index contributed by atoms with van der Waals surface area (Å²) in [5.74, 6) is 1.50. The SMILES string of the molecule is CC(C)c1cccc(NC(N)=NCCCc2nc(-c3ccc(F)cc3)no2)c1.I. The van der Waals surface area contributed by atoms with Crippen LogP contribution in [0.1, 0.15) is 37.6 Å². The quantitative estimate of drug-likeness (QED) is 0.203. The summed E-state index contributed by atoms with van der Waals surface area (Å²) < 4.78 is 18.2. The number of nitrogens with two attached hydrogens (primary N) is 1. The van der Waals surface area contributed by atoms with Gasteiger partial charge in [0.1, 0.15) is 5.82 Å². The highest BCUT2D eigenvalue weighted by Crippen LogP contribution is 2.18. The zero-order chi connectivity index (χ0) is 19.9. The van der Waals surface area contributed by atoms with E-state index in [1.54, 1.807) is 12.1 Å². The molecule has 3 aromatic rings. The van der Waals surface area contributed by atoms with Gasteiger partial charge in [0.25, 0.3) is 0 Å². The Morgan fingerprint density at radius 1 is 1.21 bits per heavy atom. The highest BCUT2D eigenvalue weighted by Gasteiger charge is 2.08. The van der Waals surface area contributed by atoms with Crippen molar-refractivity contribution in [3.8, 4) is 11.4 Å². The van der Waals surface area contributed by atoms with Gasteiger partial charge in [0, 0.05) is 24.2 Å². The summed E-state index contributed by atoms with van der Waals surface area (Å²) in [6, 6.07) is 14.1. The summed E-state index contributed by atoms with van der Waals surface area (Å²) in [5.41, 5.74) is 8.84. The molecule has 6 nitrogen and oxygen atoms in total. The van der Waals surface area contributed by atoms with Crippen molar-refractivity contribution >= 4 is 35.6 Å². The number of halogens is 2. The molecule has 0 spiro atoms. The predicted octanol–water partition coefficient (Wildman–Crippen LogP) is 4.98. The van der Waals surface area contributed by atoms with Gasteiger partial charge in [-0.2, -0.15) is 4.98 Å². The van der Waals surface area contributed by atoms with E-state index in [0.717, 1.165) is 12.1 Å². The lowest BCUT2D eigenvalue weighted by Crippen LogP contribution is -2.23. The monoisotopic (exact) mass is 509 g/mol. The Morgan fingerprint density at radius 3 is 2.69 bits per heavy atom. The van der Waals surface area contributed by atoms with E-state index >= 15 is 0 Å². The molecule has 0 bridgehead atoms. The van der Waals surface area contributed by atoms with Gasteiger partial charge < -0.3 is 15.6 Å². The Morgan fingerprint density at radius 2 is 1.97 bits per heavy atom. The maximum Gasteiger partial charge on any atom is 0.227 e. The number of benzene rings is 2. The van der Waals surface area contributed by atoms with Gasteiger partial charge in [-0.3, -0.25) is 4.99 Å². The number of hydrogen-bond donors (Lipinski definition) is 2. The van der Waals surface area contributed by atoms with Gasteiger partial charge in [0.15, 0.2) is 5.96 Å². The Labute approximate surface area is 186 Å². The normalized spacial score (nSPS) is 11.4. The highest BCUT2D eigenvalue weighted by atomic mass is 127. The third kappa shape index (κ3) is 6.81. The second-order valence-electron chi connectivity index (χ2n) is 6.79. The largest absolute Gasteiger partial charge is 0.370 e. The third-order valence-corrected chi connectivity index (χ3v) is 4.23. The highest BCUT2D eigenvalue weighted by molar-refractivity contribution is 14.0. The summed E-state index contributed by atoms with van der Waals surface area (Å²) in [7, 11) is 0. The van der Waals surface area contributed by atoms with Crippen LogP contribution in [0.15, 0.2) is 58.0 Å². The Balaban J connectivity index is 0.00000300. The smallest absolute Gasteiger partial charge is 0.227 e. The van der Waals surface area contributed by atoms with E-state index in [9.17, 15) is 4.39 Å². The van der Waals surface area contributed by atoms with E-state index in [-0.39, 0.29) is 29.8 Å². The molecule has 154 valence electrons. The predicted molar refractivity (Wildman–Crippen MR) is 124 cm³/mol. The van der Waals surface area contributed by atoms with Gasteiger partial charge >= 0.3 is 0 Å². The van der Waals surface area contributed by atoms with Gasteiger partial charge in [-0.15, -0.1) is 24.0 Å². The first kappa shape index (κ1) is 22.8. The molecule has 0 saturated heterocycles. The molecule has 0 radical (unpaired) electrons. The van der Waals surface area contributed by atoms with E-state index < -0.39 is 0 Å². The average Bonchev–Trinajstić information content (AvgIpc) is 3.15. The fourth-order valence-corrected chi connectivity index (χ4v) is 2.67. The maximum atomic E-state index is 13.0. The summed E-state index contributed by atoms with van der Waals surface area (Å²) in [4.78, 5) is 8.66. The molecule has 0 fully saturated rings. The lowest BCUT2D eigenvalue weighted by Gasteiger charge is -2.09. The number of aromatic nitrogens is 2. The van der Waals surface area contributed by atoms with Crippen molar-refractivity contribution in [2.24, 2.45) is 10.7 Å². The van der Waals surface area contributed by atoms with Gasteiger partial charge in [-0.25, -0.2) is 4.39 Å². The number of guanidine groups is 1. The maximum absolute atomic E-state index is 13.0. The van der Waals surface area contributed by atoms with Crippen LogP contribution in [0.5, 0.6) is 0 Å². The molecule has 0 atom stereocenters. The molecule has 0 saturated carbocycles. The molecule has 0 amide bonds. The van der Waals surface area contributed by atoms with Crippen molar-refractivity contribution in [2.75, 3.05) is 11.9 Å². The molecule has 0 aliphatic carbocycles. The van der Waals surface area contributed by atoms with Crippen molar-refractivity contribution in [3.63, 3.8) is 0 Å². The third-order valence-electron chi connectivity index (χ3n) is 4.23. The van der Waals surface area contributed by atoms with E-state index in [0.29, 0.717) is 42.1 Å². The number of anilines is 1. The van der Waals surface area contributed by atoms with Crippen LogP contribution < -0.4 is 11.1 Å². The molecule has 29 heavy (non-hydrogen) atoms. The van der Waals surface area contributed by atoms with Crippen LogP contribution in [-0.4, -0.2) is 22.6 Å². The van der Waals surface area contributed by atoms with Crippen molar-refractivity contribution in [2.45, 2.75) is 32.6 Å². The minimum Gasteiger partial charge on any atom is -0.370 e. The minimum atomic E-state index is -0.299. The van der Waals surface area contributed by atoms with Gasteiger partial charge in [-0.1, -0.05) is 31.1 Å². The minimum absolute atomic E-state index is 0. The standard InChI is InChI=1S/C21H24FN5O.HI/c1-14(2)16-5-3-6-18(13-16)25-21(23)24-12-4-7-19-26-20(27-28-19)15-8-10-17(22)11-9-15;/h3,5-6,8-11,13-14H,4,7,12H2,1-2H3,(H3,23,24,25);1H. The number of rotatable bonds is 7. The molecule has 2 aromatic carbocycles. The Kier molecular flexibility index (Phi) is 8.56. The van der Waals surface area contributed by atoms with Crippen LogP contribution in [0.2, 0.25) is 0 Å². The van der Waals surface area contributed by atoms with Crippen molar-refractivity contribution in [1.29, 1.82) is 0 Å². The van der Waals surface area contributed by atoms with E-state index in [1.807, 2.05) is 12.1 Å². The Bertz CT molecular complexity index is 940. The van der Waals surface area contributed by atoms with Gasteiger partial charge in [0.05, 0.1) is 0 Å². The number of nitrogens with one attached hydrogen (secondary N) is 1. The summed E-state index contributed by atoms with van der Waals surface area (Å²) in [6.07, 6.45) is 1.31. The summed E-state index contributed by atoms with van der Waals surface area (Å²) in [6.45, 7) is 4.84. The zero-order valence-corrected chi connectivity index (χ0v) is 18.8. The average molecular weight is 509 g/mol. The molecular weight excluding hydrogens is 484 g/mol. The summed E-state index contributed by atoms with van der Waals surface area (Å²) >= 11 is 0. The van der Waals surface area contributed by atoms with Crippen LogP contribution in [-0.2, 0) is 6.42 Å². The van der Waals surface area contributed by atoms with E-state index in [2.05, 4.69) is 46.4 Å². The molecule has 3 rings (SSSR count). The fraction of sp³-hybridized carbons (Fsp3) is 0.286. The van der Waals surface area contributed by atoms with Crippen LogP contribution >= 0.6 is 24.0 Å². The van der Waals surface area contributed by atoms with Gasteiger partial charge in [0.2, 0.25) is 11.7 Å². The first-order valence-corrected chi connectivity index (χ1v) is 9.26. The van der Waals surface area contributed by atoms with Crippen LogP contribution in [0.4, 0.5) is 10.1 Å². The first-order chi connectivity index (χ1) is 13.5. The molecular formula is C21H25FIN5O. The van der Waals surface area contributed by atoms with Crippen molar-refractivity contribution in [1.82, 2.24) is 10.1 Å². The zero-order valence-electron chi connectivity index (χ0n) is 16.4. The second kappa shape index (κ2) is 10.9. The number of aliphatic imine (C=N–C) groups is 1. The topological polar surface area (TPSA) is 89.3 Å². The van der Waals surface area contributed by atoms with Crippen molar-refractivity contribution < 1.29 is 8.91 Å². The number of hydrogen-bond acceptors (Lipinski definition) is 4. The fourth-order valence-electron chi connectivity index (χ4n) is 2.67. The van der Waals surface area contributed by atoms with Crippen LogP contribution in [0, 0.1) is 5.82 Å². The van der Waals surface area contributed by atoms with Crippen LogP contribution in [0.3, 0.4) is 0 Å². The summed E-state index contributed by atoms with van der Waals surface area (Å²) in [5, 5.41) is 7.04. The van der Waals surface area contributed by atoms with E-state index in [4.69, 9.17) is 10.3 Å². The second-order valence-corrected chi connectivity index (χ2v) is 6.79. The Hall–Kier alpha value is -2.49. The molecule has 8 heteroatoms. The molecule has 3 N–H and O–H groups in total. The first-order valence-electron chi connectivity index (χ1n) is 9.26. The number of aryl methyl sites for hydroxylation is 1. The molecule has 1 heterocycles. The van der Waals surface area contributed by atoms with E-state index in [1.165, 1.54) is 17.7 Å². The molecule has 0 aliphatic heterocycles. The lowest BCUT2D eigenvalue weighted by molar-refractivity contribution is 0.376. The molecule has 0 unspecified atom stereocenters.